The van der Waals surface area contributed by atoms with Crippen molar-refractivity contribution >= 4 is 92.1 Å². The smallest absolute Gasteiger partial charge is 0.399 e. The number of benzene rings is 2. The topological polar surface area (TPSA) is 142 Å². The number of hydrogen-bond donors (Lipinski definition) is 2. The van der Waals surface area contributed by atoms with E-state index in [4.69, 9.17) is 68.7 Å². The van der Waals surface area contributed by atoms with E-state index in [-0.39, 0.29) is 0 Å². The number of pyridine rings is 7. The second kappa shape index (κ2) is 28.1. The zero-order chi connectivity index (χ0) is 59.3. The van der Waals surface area contributed by atoms with Gasteiger partial charge in [-0.15, -0.1) is 0 Å². The molecule has 0 saturated carbocycles. The standard InChI is InChI=1S/C21H17F3N4.C14H12ClN3.C9H10N2.C7H9N.C6H5Cl2N.C5H3Cl2N/c1-13-6-11-17(19-14(2)25-18-5-3-4-12-28(18)19)27-20(13)26-16-9-7-15(8-10-16)21(22,23)24;1-9-6-7-11(17-14(9)15)13-10(2)16-12-5-3-4-8-18(12)13;1-7-8(2)11-6-4-3-5-9(11)10-7;1-6-2-4-7(8)5-3-6;1-4-2-3-5(7)9-6(4)8;6-4-2-1-3-5(7)8-4/h3-12H,1-2H3,(H,26,27);3-8H,1-2H3;3-6H,1-2H3;2-5H,8H2,1H3;2-3H,1H3;1-3H. The summed E-state index contributed by atoms with van der Waals surface area (Å²) in [5.41, 5.74) is 20.5. The van der Waals surface area contributed by atoms with Crippen LogP contribution in [0.5, 0.6) is 0 Å². The van der Waals surface area contributed by atoms with Gasteiger partial charge in [0.05, 0.1) is 45.4 Å². The Kier molecular flexibility index (Phi) is 21.1. The molecular formula is C62H56Cl5F3N12. The Morgan fingerprint density at radius 3 is 1.32 bits per heavy atom. The highest BCUT2D eigenvalue weighted by atomic mass is 35.5. The molecule has 0 aliphatic heterocycles. The van der Waals surface area contributed by atoms with Crippen molar-refractivity contribution in [2.75, 3.05) is 11.1 Å². The molecule has 12 aromatic rings. The average molecular weight is 1200 g/mol. The van der Waals surface area contributed by atoms with Crippen molar-refractivity contribution in [1.82, 2.24) is 48.1 Å². The Hall–Kier alpha value is -8.05. The van der Waals surface area contributed by atoms with Gasteiger partial charge in [0.15, 0.2) is 0 Å². The van der Waals surface area contributed by atoms with Crippen LogP contribution in [0.2, 0.25) is 25.8 Å². The molecule has 0 fully saturated rings. The highest BCUT2D eigenvalue weighted by molar-refractivity contribution is 6.33. The maximum Gasteiger partial charge on any atom is 0.416 e. The molecule has 0 aliphatic carbocycles. The number of hydrogen-bond acceptors (Lipinski definition) is 9. The molecule has 10 heterocycles. The van der Waals surface area contributed by atoms with Crippen molar-refractivity contribution in [2.24, 2.45) is 0 Å². The molecule has 12 nitrogen and oxygen atoms in total. The van der Waals surface area contributed by atoms with Gasteiger partial charge in [0.25, 0.3) is 0 Å². The Balaban J connectivity index is 0.000000153. The number of anilines is 3. The summed E-state index contributed by atoms with van der Waals surface area (Å²) >= 11 is 28.1. The number of nitrogens with zero attached hydrogens (tertiary/aromatic N) is 10. The third-order valence-corrected chi connectivity index (χ3v) is 13.7. The zero-order valence-corrected chi connectivity index (χ0v) is 49.6. The lowest BCUT2D eigenvalue weighted by Crippen LogP contribution is -2.05. The number of nitrogen functional groups attached to an aromatic ring is 1. The van der Waals surface area contributed by atoms with Crippen LogP contribution in [-0.4, -0.2) is 48.1 Å². The molecule has 10 aromatic heterocycles. The molecule has 82 heavy (non-hydrogen) atoms. The quantitative estimate of drug-likeness (QED) is 0.130. The molecule has 0 atom stereocenters. The van der Waals surface area contributed by atoms with E-state index in [1.807, 2.05) is 185 Å². The van der Waals surface area contributed by atoms with E-state index in [1.165, 1.54) is 23.4 Å². The van der Waals surface area contributed by atoms with Gasteiger partial charge in [-0.05, 0) is 175 Å². The van der Waals surface area contributed by atoms with E-state index in [0.717, 1.165) is 91.3 Å². The summed E-state index contributed by atoms with van der Waals surface area (Å²) in [5.74, 6) is 0.586. The molecule has 2 aromatic carbocycles. The fourth-order valence-electron chi connectivity index (χ4n) is 7.81. The first kappa shape index (κ1) is 61.6. The molecule has 0 radical (unpaired) electrons. The number of imidazole rings is 3. The van der Waals surface area contributed by atoms with Crippen molar-refractivity contribution in [3.05, 3.63) is 253 Å². The van der Waals surface area contributed by atoms with Crippen molar-refractivity contribution in [2.45, 2.75) is 61.6 Å². The molecule has 0 unspecified atom stereocenters. The zero-order valence-electron chi connectivity index (χ0n) is 45.8. The van der Waals surface area contributed by atoms with Crippen LogP contribution in [-0.2, 0) is 6.18 Å². The second-order valence-electron chi connectivity index (χ2n) is 18.5. The average Bonchev–Trinajstić information content (AvgIpc) is 4.31. The van der Waals surface area contributed by atoms with Gasteiger partial charge in [-0.1, -0.05) is 118 Å². The SMILES string of the molecule is Cc1ccc(-c2c(C)nc3ccccn23)nc1Cl.Cc1ccc(-c2c(C)nc3ccccn23)nc1Nc1ccc(C(F)(F)F)cc1.Cc1ccc(Cl)nc1Cl.Cc1ccc(N)cc1.Cc1nc2ccccn2c1C.Clc1cccc(Cl)n1. The van der Waals surface area contributed by atoms with Crippen LogP contribution in [0.4, 0.5) is 30.4 Å². The van der Waals surface area contributed by atoms with Gasteiger partial charge in [-0.25, -0.2) is 34.9 Å². The summed E-state index contributed by atoms with van der Waals surface area (Å²) in [6.07, 6.45) is 1.59. The Bertz CT molecular complexity index is 4050. The van der Waals surface area contributed by atoms with Crippen LogP contribution in [0.15, 0.2) is 176 Å². The van der Waals surface area contributed by atoms with E-state index >= 15 is 0 Å². The molecular weight excluding hydrogens is 1150 g/mol. The fraction of sp³-hybridized carbons (Fsp3) is 0.145. The van der Waals surface area contributed by atoms with Crippen LogP contribution in [0.1, 0.15) is 50.6 Å². The van der Waals surface area contributed by atoms with Gasteiger partial charge >= 0.3 is 6.18 Å². The van der Waals surface area contributed by atoms with Gasteiger partial charge in [-0.3, -0.25) is 8.80 Å². The van der Waals surface area contributed by atoms with Gasteiger partial charge in [0, 0.05) is 35.7 Å². The Labute approximate surface area is 498 Å². The maximum absolute atomic E-state index is 12.7. The first-order valence-corrected chi connectivity index (χ1v) is 27.2. The lowest BCUT2D eigenvalue weighted by Gasteiger charge is -2.12. The maximum atomic E-state index is 12.7. The summed E-state index contributed by atoms with van der Waals surface area (Å²) in [6, 6.07) is 46.9. The van der Waals surface area contributed by atoms with E-state index in [1.54, 1.807) is 24.3 Å². The fourth-order valence-corrected chi connectivity index (χ4v) is 8.68. The number of aryl methyl sites for hydroxylation is 8. The third-order valence-electron chi connectivity index (χ3n) is 12.3. The minimum atomic E-state index is -4.35. The van der Waals surface area contributed by atoms with Crippen molar-refractivity contribution in [1.29, 1.82) is 0 Å². The summed E-state index contributed by atoms with van der Waals surface area (Å²) in [5, 5.41) is 5.42. The number of nitrogens with two attached hydrogens (primary N) is 1. The number of rotatable bonds is 4. The highest BCUT2D eigenvalue weighted by Gasteiger charge is 2.30. The molecule has 20 heteroatoms. The minimum absolute atomic E-state index is 0.428. The van der Waals surface area contributed by atoms with Crippen LogP contribution >= 0.6 is 58.0 Å². The summed E-state index contributed by atoms with van der Waals surface area (Å²) in [7, 11) is 0. The third kappa shape index (κ3) is 16.5. The molecule has 3 N–H and O–H groups in total. The van der Waals surface area contributed by atoms with Crippen molar-refractivity contribution in [3.63, 3.8) is 0 Å². The van der Waals surface area contributed by atoms with Gasteiger partial charge in [0.2, 0.25) is 0 Å². The number of nitrogens with one attached hydrogen (secondary N) is 1. The van der Waals surface area contributed by atoms with Gasteiger partial charge < -0.3 is 15.5 Å². The normalized spacial score (nSPS) is 10.7. The Morgan fingerprint density at radius 1 is 0.415 bits per heavy atom. The lowest BCUT2D eigenvalue weighted by atomic mass is 10.1. The van der Waals surface area contributed by atoms with Crippen molar-refractivity contribution < 1.29 is 13.2 Å². The second-order valence-corrected chi connectivity index (χ2v) is 20.3. The number of fused-ring (bicyclic) bond motifs is 3. The molecule has 0 bridgehead atoms. The lowest BCUT2D eigenvalue weighted by molar-refractivity contribution is -0.137. The predicted molar refractivity (Wildman–Crippen MR) is 329 cm³/mol. The number of halogens is 8. The van der Waals surface area contributed by atoms with Gasteiger partial charge in [-0.2, -0.15) is 13.2 Å². The first-order valence-electron chi connectivity index (χ1n) is 25.3. The molecule has 420 valence electrons. The first-order chi connectivity index (χ1) is 39.1. The number of aromatic nitrogens is 10. The molecule has 0 aliphatic rings. The van der Waals surface area contributed by atoms with Crippen LogP contribution in [0.3, 0.4) is 0 Å². The van der Waals surface area contributed by atoms with E-state index in [9.17, 15) is 13.2 Å². The largest absolute Gasteiger partial charge is 0.416 e. The van der Waals surface area contributed by atoms with E-state index in [0.29, 0.717) is 37.3 Å². The minimum Gasteiger partial charge on any atom is -0.399 e. The van der Waals surface area contributed by atoms with Crippen LogP contribution < -0.4 is 11.1 Å². The highest BCUT2D eigenvalue weighted by Crippen LogP contribution is 2.32. The van der Waals surface area contributed by atoms with E-state index in [2.05, 4.69) is 46.5 Å². The summed E-state index contributed by atoms with van der Waals surface area (Å²) < 4.78 is 44.3. The van der Waals surface area contributed by atoms with Crippen LogP contribution in [0, 0.1) is 55.4 Å². The molecule has 0 amide bonds. The molecule has 12 rings (SSSR count). The number of alkyl halides is 3. The van der Waals surface area contributed by atoms with E-state index < -0.39 is 11.7 Å². The molecule has 0 saturated heterocycles. The summed E-state index contributed by atoms with van der Waals surface area (Å²) in [6.45, 7) is 15.8. The van der Waals surface area contributed by atoms with Crippen molar-refractivity contribution in [3.8, 4) is 22.8 Å². The Morgan fingerprint density at radius 2 is 0.866 bits per heavy atom. The predicted octanol–water partition coefficient (Wildman–Crippen LogP) is 18.1. The molecule has 0 spiro atoms. The summed E-state index contributed by atoms with van der Waals surface area (Å²) in [4.78, 5) is 30.1. The monoisotopic (exact) mass is 1200 g/mol. The van der Waals surface area contributed by atoms with Gasteiger partial charge in [0.1, 0.15) is 48.5 Å². The van der Waals surface area contributed by atoms with Crippen LogP contribution in [0.25, 0.3) is 39.7 Å².